The molecular formula is C23H20Cl3NO5. The maximum atomic E-state index is 12.7. The highest BCUT2D eigenvalue weighted by atomic mass is 35.5. The highest BCUT2D eigenvalue weighted by Gasteiger charge is 2.20. The number of carbonyl (C=O) groups excluding carboxylic acids is 1. The lowest BCUT2D eigenvalue weighted by Gasteiger charge is -2.08. The van der Waals surface area contributed by atoms with Crippen LogP contribution in [-0.2, 0) is 11.2 Å². The van der Waals surface area contributed by atoms with Crippen LogP contribution in [0.25, 0.3) is 11.5 Å². The summed E-state index contributed by atoms with van der Waals surface area (Å²) in [6.07, 6.45) is 0.557. The predicted molar refractivity (Wildman–Crippen MR) is 123 cm³/mol. The molecule has 0 aliphatic heterocycles. The first kappa shape index (κ1) is 24.1. The monoisotopic (exact) mass is 495 g/mol. The predicted octanol–water partition coefficient (Wildman–Crippen LogP) is 6.70. The second-order valence-corrected chi connectivity index (χ2v) is 8.61. The van der Waals surface area contributed by atoms with E-state index < -0.39 is 12.6 Å². The Morgan fingerprint density at radius 1 is 1.09 bits per heavy atom. The number of hydrogen-bond donors (Lipinski definition) is 1. The third-order valence-electron chi connectivity index (χ3n) is 4.61. The van der Waals surface area contributed by atoms with Crippen LogP contribution in [0.3, 0.4) is 0 Å². The maximum Gasteiger partial charge on any atom is 0.341 e. The van der Waals surface area contributed by atoms with Gasteiger partial charge in [0, 0.05) is 29.3 Å². The van der Waals surface area contributed by atoms with Crippen LogP contribution in [-0.4, -0.2) is 28.4 Å². The summed E-state index contributed by atoms with van der Waals surface area (Å²) in [5.41, 5.74) is 1.70. The van der Waals surface area contributed by atoms with Gasteiger partial charge in [-0.1, -0.05) is 48.7 Å². The van der Waals surface area contributed by atoms with Crippen LogP contribution in [0.15, 0.2) is 40.8 Å². The van der Waals surface area contributed by atoms with E-state index in [9.17, 15) is 9.59 Å². The highest BCUT2D eigenvalue weighted by Crippen LogP contribution is 2.33. The van der Waals surface area contributed by atoms with Gasteiger partial charge in [0.15, 0.2) is 12.4 Å². The number of hydrogen-bond acceptors (Lipinski definition) is 5. The Bertz CT molecular complexity index is 1160. The zero-order valence-electron chi connectivity index (χ0n) is 17.3. The minimum Gasteiger partial charge on any atom is -0.480 e. The molecule has 1 N–H and O–H groups in total. The van der Waals surface area contributed by atoms with Gasteiger partial charge in [-0.05, 0) is 36.4 Å². The number of rotatable bonds is 9. The highest BCUT2D eigenvalue weighted by molar-refractivity contribution is 6.36. The average Bonchev–Trinajstić information content (AvgIpc) is 3.15. The summed E-state index contributed by atoms with van der Waals surface area (Å²) in [6.45, 7) is 3.44. The first-order chi connectivity index (χ1) is 15.2. The molecule has 0 saturated carbocycles. The average molecular weight is 497 g/mol. The second-order valence-electron chi connectivity index (χ2n) is 7.36. The molecule has 0 saturated heterocycles. The van der Waals surface area contributed by atoms with Gasteiger partial charge in [0.2, 0.25) is 5.89 Å². The molecule has 1 aromatic heterocycles. The Labute approximate surface area is 200 Å². The van der Waals surface area contributed by atoms with Crippen molar-refractivity contribution >= 4 is 46.6 Å². The second kappa shape index (κ2) is 10.4. The number of benzene rings is 2. The smallest absolute Gasteiger partial charge is 0.341 e. The summed E-state index contributed by atoms with van der Waals surface area (Å²) in [6, 6.07) is 9.57. The van der Waals surface area contributed by atoms with Gasteiger partial charge >= 0.3 is 5.97 Å². The van der Waals surface area contributed by atoms with Crippen molar-refractivity contribution in [1.29, 1.82) is 0 Å². The topological polar surface area (TPSA) is 89.6 Å². The fourth-order valence-electron chi connectivity index (χ4n) is 3.08. The van der Waals surface area contributed by atoms with Crippen molar-refractivity contribution in [3.8, 4) is 17.2 Å². The number of carbonyl (C=O) groups is 2. The van der Waals surface area contributed by atoms with Crippen molar-refractivity contribution in [1.82, 2.24) is 4.98 Å². The molecule has 0 bridgehead atoms. The molecule has 168 valence electrons. The van der Waals surface area contributed by atoms with E-state index in [1.807, 2.05) is 13.8 Å². The van der Waals surface area contributed by atoms with E-state index in [1.54, 1.807) is 24.3 Å². The summed E-state index contributed by atoms with van der Waals surface area (Å²) in [7, 11) is 0. The first-order valence-corrected chi connectivity index (χ1v) is 10.9. The third-order valence-corrected chi connectivity index (χ3v) is 5.45. The van der Waals surface area contributed by atoms with Crippen molar-refractivity contribution in [3.63, 3.8) is 0 Å². The Kier molecular flexibility index (Phi) is 7.82. The lowest BCUT2D eigenvalue weighted by molar-refractivity contribution is -0.139. The number of aryl methyl sites for hydroxylation is 1. The molecule has 2 aromatic carbocycles. The van der Waals surface area contributed by atoms with Crippen LogP contribution in [0.5, 0.6) is 5.75 Å². The Morgan fingerprint density at radius 2 is 1.84 bits per heavy atom. The molecule has 0 unspecified atom stereocenters. The number of carboxylic acids is 1. The summed E-state index contributed by atoms with van der Waals surface area (Å²) in [5, 5.41) is 9.81. The van der Waals surface area contributed by atoms with Crippen molar-refractivity contribution in [3.05, 3.63) is 68.5 Å². The van der Waals surface area contributed by atoms with Crippen molar-refractivity contribution in [2.45, 2.75) is 32.6 Å². The fraction of sp³-hybridized carbons (Fsp3) is 0.261. The van der Waals surface area contributed by atoms with Gasteiger partial charge in [-0.3, -0.25) is 4.79 Å². The molecule has 3 aromatic rings. The number of aromatic nitrogens is 1. The number of ether oxygens (including phenoxy) is 1. The van der Waals surface area contributed by atoms with E-state index in [0.29, 0.717) is 44.9 Å². The molecule has 0 spiro atoms. The van der Waals surface area contributed by atoms with Crippen LogP contribution < -0.4 is 4.74 Å². The third kappa shape index (κ3) is 5.82. The van der Waals surface area contributed by atoms with Crippen LogP contribution in [0.4, 0.5) is 0 Å². The summed E-state index contributed by atoms with van der Waals surface area (Å²) in [5.74, 6) is 0.0748. The van der Waals surface area contributed by atoms with E-state index in [0.717, 1.165) is 0 Å². The van der Waals surface area contributed by atoms with Gasteiger partial charge in [0.05, 0.1) is 21.3 Å². The number of carboxylic acid groups (broad SMARTS) is 1. The van der Waals surface area contributed by atoms with Crippen LogP contribution in [0.1, 0.15) is 48.0 Å². The van der Waals surface area contributed by atoms with Gasteiger partial charge in [0.1, 0.15) is 11.5 Å². The van der Waals surface area contributed by atoms with Crippen LogP contribution >= 0.6 is 34.8 Å². The van der Waals surface area contributed by atoms with E-state index >= 15 is 0 Å². The normalized spacial score (nSPS) is 11.1. The number of halogens is 3. The Hall–Kier alpha value is -2.54. The van der Waals surface area contributed by atoms with E-state index in [-0.39, 0.29) is 28.9 Å². The summed E-state index contributed by atoms with van der Waals surface area (Å²) < 4.78 is 11.0. The molecule has 1 heterocycles. The molecule has 0 atom stereocenters. The SMILES string of the molecule is CC(C)c1oc(-c2ccc(Cl)cc2Cl)nc1CCC(=O)c1ccc(OCC(=O)O)c(Cl)c1. The van der Waals surface area contributed by atoms with E-state index in [1.165, 1.54) is 12.1 Å². The molecular weight excluding hydrogens is 477 g/mol. The van der Waals surface area contributed by atoms with Crippen molar-refractivity contribution in [2.24, 2.45) is 0 Å². The number of ketones is 1. The molecule has 0 aliphatic carbocycles. The van der Waals surface area contributed by atoms with Crippen LogP contribution in [0, 0.1) is 0 Å². The number of oxazole rings is 1. The standard InChI is InChI=1S/C23H20Cl3NO5/c1-12(2)22-18(27-23(32-22)15-5-4-14(24)10-16(15)25)6-7-19(28)13-3-8-20(17(26)9-13)31-11-21(29)30/h3-5,8-10,12H,6-7,11H2,1-2H3,(H,29,30). The van der Waals surface area contributed by atoms with Gasteiger partial charge < -0.3 is 14.3 Å². The number of Topliss-reactive ketones (excluding diaryl/α,β-unsaturated/α-hetero) is 1. The minimum absolute atomic E-state index is 0.0625. The van der Waals surface area contributed by atoms with Gasteiger partial charge in [-0.2, -0.15) is 0 Å². The van der Waals surface area contributed by atoms with Crippen LogP contribution in [0.2, 0.25) is 15.1 Å². The Morgan fingerprint density at radius 3 is 2.47 bits per heavy atom. The van der Waals surface area contributed by atoms with Gasteiger partial charge in [-0.15, -0.1) is 0 Å². The van der Waals surface area contributed by atoms with Crippen molar-refractivity contribution < 1.29 is 23.8 Å². The summed E-state index contributed by atoms with van der Waals surface area (Å²) >= 11 is 18.4. The Balaban J connectivity index is 1.76. The van der Waals surface area contributed by atoms with E-state index in [4.69, 9.17) is 49.1 Å². The zero-order chi connectivity index (χ0) is 23.4. The van der Waals surface area contributed by atoms with Gasteiger partial charge in [-0.25, -0.2) is 9.78 Å². The molecule has 0 aliphatic rings. The zero-order valence-corrected chi connectivity index (χ0v) is 19.6. The lowest BCUT2D eigenvalue weighted by Crippen LogP contribution is -2.10. The first-order valence-electron chi connectivity index (χ1n) is 9.78. The van der Waals surface area contributed by atoms with Crippen molar-refractivity contribution in [2.75, 3.05) is 6.61 Å². The quantitative estimate of drug-likeness (QED) is 0.331. The molecule has 32 heavy (non-hydrogen) atoms. The van der Waals surface area contributed by atoms with E-state index in [2.05, 4.69) is 4.98 Å². The van der Waals surface area contributed by atoms with Gasteiger partial charge in [0.25, 0.3) is 0 Å². The largest absolute Gasteiger partial charge is 0.480 e. The lowest BCUT2D eigenvalue weighted by atomic mass is 10.0. The molecule has 3 rings (SSSR count). The maximum absolute atomic E-state index is 12.7. The molecule has 0 radical (unpaired) electrons. The number of nitrogens with zero attached hydrogens (tertiary/aromatic N) is 1. The molecule has 0 fully saturated rings. The number of aliphatic carboxylic acids is 1. The molecule has 0 amide bonds. The fourth-order valence-corrected chi connectivity index (χ4v) is 3.80. The molecule has 9 heteroatoms. The summed E-state index contributed by atoms with van der Waals surface area (Å²) in [4.78, 5) is 27.9. The minimum atomic E-state index is -1.12. The molecule has 6 nitrogen and oxygen atoms in total.